The number of amides is 1. The summed E-state index contributed by atoms with van der Waals surface area (Å²) < 4.78 is 0. The van der Waals surface area contributed by atoms with Gasteiger partial charge in [-0.1, -0.05) is 48.5 Å². The van der Waals surface area contributed by atoms with E-state index >= 15 is 0 Å². The summed E-state index contributed by atoms with van der Waals surface area (Å²) in [4.78, 5) is 36.1. The summed E-state index contributed by atoms with van der Waals surface area (Å²) in [7, 11) is 0. The minimum atomic E-state index is -0.780. The largest absolute Gasteiger partial charge is 0.393 e. The Bertz CT molecular complexity index is 1260. The number of nitrogens with one attached hydrogen (secondary N) is 1. The van der Waals surface area contributed by atoms with Gasteiger partial charge in [-0.25, -0.2) is 9.97 Å². The topological polar surface area (TPSA) is 92.2 Å². The monoisotopic (exact) mass is 547 g/mol. The number of carbonyl (C=O) groups is 2. The van der Waals surface area contributed by atoms with Gasteiger partial charge in [0.1, 0.15) is 6.33 Å². The zero-order valence-electron chi connectivity index (χ0n) is 25.6. The Morgan fingerprint density at radius 2 is 1.62 bits per heavy atom. The number of aliphatic hydroxyl groups excluding tert-OH is 1. The van der Waals surface area contributed by atoms with E-state index in [2.05, 4.69) is 63.8 Å². The van der Waals surface area contributed by atoms with E-state index in [0.717, 1.165) is 50.5 Å². The van der Waals surface area contributed by atoms with Gasteiger partial charge in [0.05, 0.1) is 29.6 Å². The summed E-state index contributed by atoms with van der Waals surface area (Å²) in [6.07, 6.45) is 12.9. The highest BCUT2D eigenvalue weighted by molar-refractivity contribution is 6.09. The predicted octanol–water partition coefficient (Wildman–Crippen LogP) is 6.76. The number of nitrogens with zero attached hydrogens (tertiary/aromatic N) is 2. The van der Waals surface area contributed by atoms with Crippen molar-refractivity contribution in [2.45, 2.75) is 112 Å². The average molecular weight is 548 g/mol. The van der Waals surface area contributed by atoms with Crippen LogP contribution >= 0.6 is 0 Å². The highest BCUT2D eigenvalue weighted by Crippen LogP contribution is 2.76. The van der Waals surface area contributed by atoms with Gasteiger partial charge in [0, 0.05) is 6.42 Å². The summed E-state index contributed by atoms with van der Waals surface area (Å²) in [5.41, 5.74) is 2.17. The number of aromatic nitrogens is 2. The molecule has 4 fully saturated rings. The van der Waals surface area contributed by atoms with Crippen molar-refractivity contribution < 1.29 is 14.7 Å². The standard InChI is InChI=1S/C34H49N3O3/c1-20(2)27-23(38)16-34(29(40)37-21-17-35-19-36-18-21)15-14-32(6)22(28(27)34)8-9-25-31(5)12-11-26(39)30(3,4)24(31)10-13-33(25,32)7/h17-20,22,24-26,39H,8-16H2,1-7H3,(H,37,40)/t22?,24?,25?,26-,31-,32+,33+,34+/m0/s1. The Morgan fingerprint density at radius 3 is 2.30 bits per heavy atom. The minimum absolute atomic E-state index is 0.0177. The lowest BCUT2D eigenvalue weighted by Gasteiger charge is -2.72. The van der Waals surface area contributed by atoms with Crippen LogP contribution in [0, 0.1) is 50.7 Å². The summed E-state index contributed by atoms with van der Waals surface area (Å²) in [5.74, 6) is 1.52. The molecule has 0 spiro atoms. The lowest BCUT2D eigenvalue weighted by atomic mass is 9.33. The van der Waals surface area contributed by atoms with Crippen LogP contribution in [-0.2, 0) is 9.59 Å². The molecule has 1 heterocycles. The van der Waals surface area contributed by atoms with Gasteiger partial charge in [0.25, 0.3) is 0 Å². The number of aliphatic hydroxyl groups is 1. The normalized spacial score (nSPS) is 44.0. The van der Waals surface area contributed by atoms with Crippen LogP contribution in [0.3, 0.4) is 0 Å². The van der Waals surface area contributed by atoms with Crippen molar-refractivity contribution in [3.05, 3.63) is 29.9 Å². The van der Waals surface area contributed by atoms with Gasteiger partial charge in [-0.05, 0) is 108 Å². The third-order valence-electron chi connectivity index (χ3n) is 13.7. The summed E-state index contributed by atoms with van der Waals surface area (Å²) in [6, 6.07) is 0. The van der Waals surface area contributed by atoms with E-state index in [4.69, 9.17) is 0 Å². The molecule has 0 aliphatic heterocycles. The second-order valence-electron chi connectivity index (χ2n) is 15.7. The number of rotatable bonds is 3. The molecule has 0 aromatic carbocycles. The third kappa shape index (κ3) is 3.50. The Hall–Kier alpha value is -2.08. The number of Topliss-reactive ketones (excluding diaryl/α,β-unsaturated/α-hetero) is 1. The number of hydrogen-bond acceptors (Lipinski definition) is 5. The summed E-state index contributed by atoms with van der Waals surface area (Å²) >= 11 is 0. The predicted molar refractivity (Wildman–Crippen MR) is 156 cm³/mol. The van der Waals surface area contributed by atoms with E-state index in [1.165, 1.54) is 11.9 Å². The fourth-order valence-corrected chi connectivity index (χ4v) is 11.5. The molecular weight excluding hydrogens is 498 g/mol. The zero-order chi connectivity index (χ0) is 28.9. The maximum atomic E-state index is 14.2. The first-order valence-corrected chi connectivity index (χ1v) is 15.7. The fourth-order valence-electron chi connectivity index (χ4n) is 11.5. The van der Waals surface area contributed by atoms with Crippen molar-refractivity contribution in [1.29, 1.82) is 0 Å². The lowest BCUT2D eigenvalue weighted by Crippen LogP contribution is -2.66. The first-order valence-electron chi connectivity index (χ1n) is 15.7. The molecule has 0 saturated heterocycles. The average Bonchev–Trinajstić information content (AvgIpc) is 3.21. The first-order chi connectivity index (χ1) is 18.7. The molecule has 5 aliphatic rings. The van der Waals surface area contributed by atoms with Crippen LogP contribution in [0.25, 0.3) is 0 Å². The molecule has 8 atom stereocenters. The minimum Gasteiger partial charge on any atom is -0.393 e. The molecule has 4 saturated carbocycles. The molecule has 6 heteroatoms. The molecule has 3 unspecified atom stereocenters. The van der Waals surface area contributed by atoms with Gasteiger partial charge in [-0.15, -0.1) is 0 Å². The van der Waals surface area contributed by atoms with Gasteiger partial charge in [-0.3, -0.25) is 9.59 Å². The molecule has 40 heavy (non-hydrogen) atoms. The second-order valence-corrected chi connectivity index (χ2v) is 15.7. The van der Waals surface area contributed by atoms with Crippen molar-refractivity contribution in [1.82, 2.24) is 9.97 Å². The van der Waals surface area contributed by atoms with Gasteiger partial charge in [0.2, 0.25) is 5.91 Å². The first kappa shape index (κ1) is 28.1. The molecule has 1 aromatic rings. The maximum Gasteiger partial charge on any atom is 0.235 e. The molecular formula is C34H49N3O3. The summed E-state index contributed by atoms with van der Waals surface area (Å²) in [6.45, 7) is 16.5. The second kappa shape index (κ2) is 8.96. The molecule has 6 nitrogen and oxygen atoms in total. The molecule has 5 aliphatic carbocycles. The highest BCUT2D eigenvalue weighted by atomic mass is 16.3. The molecule has 218 valence electrons. The number of allylic oxidation sites excluding steroid dienone is 1. The van der Waals surface area contributed by atoms with Gasteiger partial charge in [-0.2, -0.15) is 0 Å². The SMILES string of the molecule is CC(C)C1=C2C3CCC4[C@@]5(C)CC[C@H](O)C(C)(C)C5CC[C@@]4(C)[C@]3(C)CC[C@@]2(C(=O)Nc2cncnc2)CC1=O. The maximum absolute atomic E-state index is 14.2. The van der Waals surface area contributed by atoms with Gasteiger partial charge >= 0.3 is 0 Å². The lowest BCUT2D eigenvalue weighted by molar-refractivity contribution is -0.228. The Balaban J connectivity index is 1.42. The quantitative estimate of drug-likeness (QED) is 0.436. The van der Waals surface area contributed by atoms with E-state index in [9.17, 15) is 14.7 Å². The van der Waals surface area contributed by atoms with Crippen LogP contribution in [0.2, 0.25) is 0 Å². The van der Waals surface area contributed by atoms with Crippen molar-refractivity contribution in [3.8, 4) is 0 Å². The van der Waals surface area contributed by atoms with E-state index in [1.54, 1.807) is 12.4 Å². The highest BCUT2D eigenvalue weighted by Gasteiger charge is 2.70. The van der Waals surface area contributed by atoms with Crippen LogP contribution in [0.4, 0.5) is 5.69 Å². The third-order valence-corrected chi connectivity index (χ3v) is 13.7. The van der Waals surface area contributed by atoms with Crippen molar-refractivity contribution in [3.63, 3.8) is 0 Å². The molecule has 1 aromatic heterocycles. The van der Waals surface area contributed by atoms with E-state index < -0.39 is 5.41 Å². The Morgan fingerprint density at radius 1 is 0.925 bits per heavy atom. The van der Waals surface area contributed by atoms with Crippen LogP contribution in [0.5, 0.6) is 0 Å². The number of anilines is 1. The van der Waals surface area contributed by atoms with Crippen LogP contribution in [0.15, 0.2) is 29.9 Å². The molecule has 2 N–H and O–H groups in total. The molecule has 6 rings (SSSR count). The Kier molecular flexibility index (Phi) is 6.28. The molecule has 0 bridgehead atoms. The van der Waals surface area contributed by atoms with E-state index in [0.29, 0.717) is 23.9 Å². The summed E-state index contributed by atoms with van der Waals surface area (Å²) in [5, 5.41) is 14.1. The van der Waals surface area contributed by atoms with Gasteiger partial charge in [0.15, 0.2) is 5.78 Å². The number of fused-ring (bicyclic) bond motifs is 7. The zero-order valence-corrected chi connectivity index (χ0v) is 25.6. The van der Waals surface area contributed by atoms with Crippen molar-refractivity contribution in [2.24, 2.45) is 50.7 Å². The van der Waals surface area contributed by atoms with Gasteiger partial charge < -0.3 is 10.4 Å². The Labute approximate surface area is 240 Å². The smallest absolute Gasteiger partial charge is 0.235 e. The van der Waals surface area contributed by atoms with Crippen LogP contribution < -0.4 is 5.32 Å². The van der Waals surface area contributed by atoms with E-state index in [-0.39, 0.29) is 57.7 Å². The fraction of sp³-hybridized carbons (Fsp3) is 0.765. The van der Waals surface area contributed by atoms with Crippen LogP contribution in [0.1, 0.15) is 106 Å². The van der Waals surface area contributed by atoms with Crippen molar-refractivity contribution >= 4 is 17.4 Å². The number of carbonyl (C=O) groups excluding carboxylic acids is 2. The number of ketones is 1. The molecule has 0 radical (unpaired) electrons. The number of hydrogen-bond donors (Lipinski definition) is 2. The van der Waals surface area contributed by atoms with Crippen LogP contribution in [-0.4, -0.2) is 32.9 Å². The van der Waals surface area contributed by atoms with Crippen molar-refractivity contribution in [2.75, 3.05) is 5.32 Å². The molecule has 1 amide bonds. The van der Waals surface area contributed by atoms with E-state index in [1.807, 2.05) is 0 Å².